The van der Waals surface area contributed by atoms with Crippen molar-refractivity contribution in [2.24, 2.45) is 50.2 Å². The summed E-state index contributed by atoms with van der Waals surface area (Å²) in [5.41, 5.74) is -2.67. The number of aliphatic hydroxyl groups is 14. The summed E-state index contributed by atoms with van der Waals surface area (Å²) in [6.07, 6.45) is -25.5. The van der Waals surface area contributed by atoms with Crippen molar-refractivity contribution in [2.75, 3.05) is 26.4 Å². The summed E-state index contributed by atoms with van der Waals surface area (Å²) in [6.45, 7) is 12.2. The van der Waals surface area contributed by atoms with Gasteiger partial charge in [0.15, 0.2) is 25.0 Å². The van der Waals surface area contributed by atoms with Crippen LogP contribution in [0, 0.1) is 50.2 Å². The molecular formula is C53H86O23. The lowest BCUT2D eigenvalue weighted by Gasteiger charge is -2.72. The van der Waals surface area contributed by atoms with Gasteiger partial charge >= 0.3 is 5.97 Å². The van der Waals surface area contributed by atoms with E-state index < -0.39 is 170 Å². The number of carbonyl (C=O) groups excluding carboxylic acids is 1. The highest BCUT2D eigenvalue weighted by Crippen LogP contribution is 2.76. The van der Waals surface area contributed by atoms with Crippen molar-refractivity contribution >= 4 is 5.97 Å². The van der Waals surface area contributed by atoms with Crippen LogP contribution >= 0.6 is 0 Å². The van der Waals surface area contributed by atoms with Gasteiger partial charge in [0.05, 0.1) is 50.2 Å². The summed E-state index contributed by atoms with van der Waals surface area (Å²) >= 11 is 0. The van der Waals surface area contributed by atoms with Gasteiger partial charge in [-0.2, -0.15) is 0 Å². The Hall–Kier alpha value is -1.63. The number of esters is 1. The maximum absolute atomic E-state index is 15.4. The van der Waals surface area contributed by atoms with Crippen LogP contribution in [0.25, 0.3) is 0 Å². The Labute approximate surface area is 442 Å². The van der Waals surface area contributed by atoms with Crippen LogP contribution in [0.2, 0.25) is 0 Å². The molecule has 0 aromatic heterocycles. The van der Waals surface area contributed by atoms with Crippen LogP contribution in [0.1, 0.15) is 106 Å². The molecule has 4 unspecified atom stereocenters. The molecule has 0 radical (unpaired) electrons. The summed E-state index contributed by atoms with van der Waals surface area (Å²) < 4.78 is 47.5. The molecule has 9 rings (SSSR count). The number of ether oxygens (including phenoxy) is 8. The van der Waals surface area contributed by atoms with E-state index in [1.54, 1.807) is 0 Å². The van der Waals surface area contributed by atoms with Crippen LogP contribution in [0.3, 0.4) is 0 Å². The minimum atomic E-state index is -1.91. The largest absolute Gasteiger partial charge is 0.432 e. The summed E-state index contributed by atoms with van der Waals surface area (Å²) in [5, 5.41) is 152. The first kappa shape index (κ1) is 59.0. The average molecular weight is 1090 g/mol. The number of fused-ring (bicyclic) bond motifs is 7. The molecule has 23 heteroatoms. The van der Waals surface area contributed by atoms with Crippen LogP contribution in [0.5, 0.6) is 0 Å². The second-order valence-corrected chi connectivity index (χ2v) is 25.8. The Bertz CT molecular complexity index is 2100. The molecule has 0 spiro atoms. The van der Waals surface area contributed by atoms with Gasteiger partial charge in [-0.25, -0.2) is 0 Å². The van der Waals surface area contributed by atoms with E-state index >= 15 is 4.79 Å². The number of rotatable bonds is 11. The number of carbonyl (C=O) groups is 1. The molecular weight excluding hydrogens is 1000 g/mol. The van der Waals surface area contributed by atoms with Crippen molar-refractivity contribution < 1.29 is 114 Å². The highest BCUT2D eigenvalue weighted by molar-refractivity contribution is 5.79. The number of aliphatic hydroxyl groups excluding tert-OH is 14. The Morgan fingerprint density at radius 1 is 0.605 bits per heavy atom. The lowest BCUT2D eigenvalue weighted by Crippen LogP contribution is -2.69. The molecule has 23 nitrogen and oxygen atoms in total. The Kier molecular flexibility index (Phi) is 16.5. The molecule has 0 aromatic carbocycles. The molecule has 9 aliphatic rings. The summed E-state index contributed by atoms with van der Waals surface area (Å²) in [4.78, 5) is 15.4. The van der Waals surface area contributed by atoms with Crippen molar-refractivity contribution in [1.82, 2.24) is 0 Å². The topological polar surface area (TPSA) is 374 Å². The third kappa shape index (κ3) is 9.37. The number of allylic oxidation sites excluding steroid dienone is 2. The molecule has 0 amide bonds. The standard InChI is InChI=1S/C53H86O23/c1-22-40(73-43-37(65)31(59)26(58)20-69-43)36(64)39(67)44(70-22)74-41-35(63)33(61)28(19-55)72-46(41)76-47(68)53-14-12-48(2,3)16-24(53)23-8-9-30-49(4)17-25(57)42(75-45-38(66)34(62)32(60)27(18-54)71-45)50(5,21-56)29(49)10-11-52(30,7)51(23,6)13-15-53/h8,22,24-46,54-67H,9-21H2,1-7H3/t22-,24?,25+,26-,27-,28-,29?,30?,31+,32-,33-,34+,35+,36+,37-,38-,39-,40+,41-,42?,43+,44+,45+,46+,49+,50+,51-,52-,53+/m1/s1. The first-order valence-corrected chi connectivity index (χ1v) is 27.4. The van der Waals surface area contributed by atoms with E-state index in [1.807, 2.05) is 6.92 Å². The van der Waals surface area contributed by atoms with Crippen LogP contribution in [-0.2, 0) is 42.7 Å². The Balaban J connectivity index is 0.963. The summed E-state index contributed by atoms with van der Waals surface area (Å²) in [7, 11) is 0. The lowest BCUT2D eigenvalue weighted by molar-refractivity contribution is -0.375. The maximum atomic E-state index is 15.4. The van der Waals surface area contributed by atoms with Crippen LogP contribution in [0.4, 0.5) is 0 Å². The van der Waals surface area contributed by atoms with Crippen LogP contribution < -0.4 is 0 Å². The van der Waals surface area contributed by atoms with Gasteiger partial charge in [-0.1, -0.05) is 53.2 Å². The maximum Gasteiger partial charge on any atom is 0.315 e. The molecule has 76 heavy (non-hydrogen) atoms. The second-order valence-electron chi connectivity index (χ2n) is 25.8. The van der Waals surface area contributed by atoms with Crippen molar-refractivity contribution in [2.45, 2.75) is 235 Å². The summed E-state index contributed by atoms with van der Waals surface area (Å²) in [6, 6.07) is 0. The minimum Gasteiger partial charge on any atom is -0.432 e. The first-order chi connectivity index (χ1) is 35.6. The fraction of sp³-hybridized carbons (Fsp3) is 0.943. The fourth-order valence-electron chi connectivity index (χ4n) is 16.3. The molecule has 436 valence electrons. The normalized spacial score (nSPS) is 55.2. The monoisotopic (exact) mass is 1090 g/mol. The van der Waals surface area contributed by atoms with Crippen molar-refractivity contribution in [3.05, 3.63) is 11.6 Å². The van der Waals surface area contributed by atoms with Crippen molar-refractivity contribution in [1.29, 1.82) is 0 Å². The molecule has 0 bridgehead atoms. The molecule has 4 aliphatic heterocycles. The van der Waals surface area contributed by atoms with Gasteiger partial charge in [-0.05, 0) is 104 Å². The predicted molar refractivity (Wildman–Crippen MR) is 258 cm³/mol. The van der Waals surface area contributed by atoms with Gasteiger partial charge in [0, 0.05) is 5.41 Å². The minimum absolute atomic E-state index is 0.0243. The smallest absolute Gasteiger partial charge is 0.315 e. The molecule has 8 fully saturated rings. The Morgan fingerprint density at radius 3 is 1.84 bits per heavy atom. The van der Waals surface area contributed by atoms with Crippen LogP contribution in [-0.4, -0.2) is 233 Å². The van der Waals surface area contributed by atoms with Gasteiger partial charge < -0.3 is 109 Å². The van der Waals surface area contributed by atoms with Gasteiger partial charge in [0.2, 0.25) is 6.29 Å². The Morgan fingerprint density at radius 2 is 1.18 bits per heavy atom. The van der Waals surface area contributed by atoms with Gasteiger partial charge in [0.25, 0.3) is 0 Å². The highest BCUT2D eigenvalue weighted by Gasteiger charge is 2.72. The predicted octanol–water partition coefficient (Wildman–Crippen LogP) is -2.43. The molecule has 29 atom stereocenters. The third-order valence-electron chi connectivity index (χ3n) is 21.1. The molecule has 4 heterocycles. The van der Waals surface area contributed by atoms with E-state index in [9.17, 15) is 71.5 Å². The quantitative estimate of drug-likeness (QED) is 0.0581. The van der Waals surface area contributed by atoms with Crippen molar-refractivity contribution in [3.8, 4) is 0 Å². The molecule has 14 N–H and O–H groups in total. The highest BCUT2D eigenvalue weighted by atomic mass is 16.8. The zero-order valence-electron chi connectivity index (χ0n) is 44.6. The number of hydrogen-bond donors (Lipinski definition) is 14. The van der Waals surface area contributed by atoms with E-state index in [2.05, 4.69) is 40.7 Å². The number of hydrogen-bond acceptors (Lipinski definition) is 23. The van der Waals surface area contributed by atoms with Gasteiger partial charge in [0.1, 0.15) is 79.4 Å². The zero-order valence-corrected chi connectivity index (χ0v) is 44.6. The van der Waals surface area contributed by atoms with E-state index in [1.165, 1.54) is 6.92 Å². The zero-order chi connectivity index (χ0) is 55.6. The second kappa shape index (κ2) is 21.3. The van der Waals surface area contributed by atoms with E-state index in [0.29, 0.717) is 51.4 Å². The van der Waals surface area contributed by atoms with E-state index in [0.717, 1.165) is 5.57 Å². The summed E-state index contributed by atoms with van der Waals surface area (Å²) in [5.74, 6) is -1.20. The van der Waals surface area contributed by atoms with Crippen molar-refractivity contribution in [3.63, 3.8) is 0 Å². The van der Waals surface area contributed by atoms with E-state index in [4.69, 9.17) is 37.9 Å². The lowest BCUT2D eigenvalue weighted by atomic mass is 9.33. The average Bonchev–Trinajstić information content (AvgIpc) is 3.55. The van der Waals surface area contributed by atoms with E-state index in [-0.39, 0.29) is 48.2 Å². The third-order valence-corrected chi connectivity index (χ3v) is 21.1. The SMILES string of the molecule is C[C@H]1O[C@@H](O[C@H]2[C@H](OC(=O)[C@]34CCC(C)(C)CC3C3=CCC5[C@@]6(C)C[C@H](O)C(O[C@@H]7O[C@H](CO)[C@@H](O)[C@H](O)[C@H]7O)[C@@](C)(CO)C6CC[C@@]5(C)[C@]3(C)CC4)O[C@H](CO)[C@@H](O)[C@@H]2O)[C@H](O)[C@H](O)[C@H]1O[C@@H]1OC[C@@H](O)[C@H](O)[C@H]1O. The van der Waals surface area contributed by atoms with Gasteiger partial charge in [-0.3, -0.25) is 4.79 Å². The molecule has 4 saturated heterocycles. The fourth-order valence-corrected chi connectivity index (χ4v) is 16.3. The van der Waals surface area contributed by atoms with Gasteiger partial charge in [-0.15, -0.1) is 0 Å². The molecule has 4 saturated carbocycles. The molecule has 5 aliphatic carbocycles. The van der Waals surface area contributed by atoms with Crippen LogP contribution in [0.15, 0.2) is 11.6 Å². The first-order valence-electron chi connectivity index (χ1n) is 27.4. The molecule has 0 aromatic rings.